The minimum atomic E-state index is -0.161. The van der Waals surface area contributed by atoms with Gasteiger partial charge in [0, 0.05) is 4.47 Å². The Bertz CT molecular complexity index is 1010. The summed E-state index contributed by atoms with van der Waals surface area (Å²) in [6.45, 7) is 6.68. The van der Waals surface area contributed by atoms with Crippen LogP contribution in [0.25, 0.3) is 0 Å². The molecule has 1 aromatic heterocycles. The maximum absolute atomic E-state index is 12.2. The number of carbonyl (C=O) groups excluding carboxylic acids is 1. The number of rotatable bonds is 7. The standard InChI is InChI=1S/C21H24BrN5O2S/c1-21(2,3)14-8-10-15(11-9-14)29-12-18-25-26-20(27(18)23)30-13-19(28)24-17-7-5-4-6-16(17)22/h4-11H,12-13,23H2,1-3H3,(H,24,28). The molecule has 0 atom stereocenters. The number of thioether (sulfide) groups is 1. The zero-order valence-corrected chi connectivity index (χ0v) is 19.5. The van der Waals surface area contributed by atoms with Gasteiger partial charge in [-0.2, -0.15) is 0 Å². The first kappa shape index (κ1) is 22.2. The fraction of sp³-hybridized carbons (Fsp3) is 0.286. The third kappa shape index (κ3) is 5.76. The molecule has 0 radical (unpaired) electrons. The third-order valence-electron chi connectivity index (χ3n) is 4.30. The zero-order valence-electron chi connectivity index (χ0n) is 17.1. The van der Waals surface area contributed by atoms with Crippen molar-refractivity contribution in [2.45, 2.75) is 37.9 Å². The number of benzene rings is 2. The van der Waals surface area contributed by atoms with E-state index in [0.29, 0.717) is 16.7 Å². The van der Waals surface area contributed by atoms with Crippen LogP contribution in [0.1, 0.15) is 32.2 Å². The predicted octanol–water partition coefficient (Wildman–Crippen LogP) is 4.36. The van der Waals surface area contributed by atoms with Gasteiger partial charge in [-0.05, 0) is 51.2 Å². The highest BCUT2D eigenvalue weighted by atomic mass is 79.9. The van der Waals surface area contributed by atoms with Crippen LogP contribution < -0.4 is 15.9 Å². The van der Waals surface area contributed by atoms with Crippen LogP contribution >= 0.6 is 27.7 Å². The predicted molar refractivity (Wildman–Crippen MR) is 123 cm³/mol. The van der Waals surface area contributed by atoms with Gasteiger partial charge in [0.05, 0.1) is 11.4 Å². The van der Waals surface area contributed by atoms with Crippen LogP contribution in [0.5, 0.6) is 5.75 Å². The van der Waals surface area contributed by atoms with Gasteiger partial charge in [0.25, 0.3) is 0 Å². The van der Waals surface area contributed by atoms with E-state index in [9.17, 15) is 4.79 Å². The summed E-state index contributed by atoms with van der Waals surface area (Å²) in [6.07, 6.45) is 0. The minimum Gasteiger partial charge on any atom is -0.486 e. The maximum Gasteiger partial charge on any atom is 0.234 e. The number of halogens is 1. The number of nitrogens with two attached hydrogens (primary N) is 1. The number of hydrogen-bond acceptors (Lipinski definition) is 6. The SMILES string of the molecule is CC(C)(C)c1ccc(OCc2nnc(SCC(=O)Nc3ccccc3Br)n2N)cc1. The molecule has 1 heterocycles. The van der Waals surface area contributed by atoms with Crippen LogP contribution in [0.3, 0.4) is 0 Å². The van der Waals surface area contributed by atoms with E-state index in [4.69, 9.17) is 10.6 Å². The van der Waals surface area contributed by atoms with Crippen molar-refractivity contribution in [2.24, 2.45) is 0 Å². The summed E-state index contributed by atoms with van der Waals surface area (Å²) >= 11 is 4.61. The van der Waals surface area contributed by atoms with Crippen LogP contribution in [0.15, 0.2) is 58.2 Å². The monoisotopic (exact) mass is 489 g/mol. The molecule has 0 aliphatic rings. The summed E-state index contributed by atoms with van der Waals surface area (Å²) < 4.78 is 7.94. The maximum atomic E-state index is 12.2. The molecule has 7 nitrogen and oxygen atoms in total. The van der Waals surface area contributed by atoms with Gasteiger partial charge in [0.15, 0.2) is 5.82 Å². The Hall–Kier alpha value is -2.52. The normalized spacial score (nSPS) is 11.3. The molecule has 9 heteroatoms. The number of anilines is 1. The second-order valence-electron chi connectivity index (χ2n) is 7.65. The summed E-state index contributed by atoms with van der Waals surface area (Å²) in [6, 6.07) is 15.4. The van der Waals surface area contributed by atoms with E-state index in [1.165, 1.54) is 22.0 Å². The summed E-state index contributed by atoms with van der Waals surface area (Å²) in [5, 5.41) is 11.4. The second kappa shape index (κ2) is 9.53. The van der Waals surface area contributed by atoms with Gasteiger partial charge in [0.1, 0.15) is 12.4 Å². The van der Waals surface area contributed by atoms with E-state index in [-0.39, 0.29) is 23.7 Å². The van der Waals surface area contributed by atoms with E-state index in [1.54, 1.807) is 0 Å². The highest BCUT2D eigenvalue weighted by molar-refractivity contribution is 9.10. The summed E-state index contributed by atoms with van der Waals surface area (Å²) in [5.74, 6) is 7.27. The molecular weight excluding hydrogens is 466 g/mol. The average Bonchev–Trinajstić information content (AvgIpc) is 3.06. The number of ether oxygens (including phenoxy) is 1. The van der Waals surface area contributed by atoms with Gasteiger partial charge in [-0.25, -0.2) is 4.68 Å². The number of carbonyl (C=O) groups is 1. The van der Waals surface area contributed by atoms with Gasteiger partial charge in [-0.1, -0.05) is 56.8 Å². The number of nitrogen functional groups attached to an aromatic ring is 1. The van der Waals surface area contributed by atoms with Crippen molar-refractivity contribution < 1.29 is 9.53 Å². The lowest BCUT2D eigenvalue weighted by molar-refractivity contribution is -0.113. The van der Waals surface area contributed by atoms with Crippen molar-refractivity contribution in [1.29, 1.82) is 0 Å². The number of nitrogens with zero attached hydrogens (tertiary/aromatic N) is 3. The number of amides is 1. The van der Waals surface area contributed by atoms with Gasteiger partial charge < -0.3 is 15.9 Å². The fourth-order valence-corrected chi connectivity index (χ4v) is 3.64. The molecule has 0 spiro atoms. The van der Waals surface area contributed by atoms with E-state index >= 15 is 0 Å². The number of hydrogen-bond donors (Lipinski definition) is 2. The van der Waals surface area contributed by atoms with Crippen LogP contribution in [-0.4, -0.2) is 26.5 Å². The summed E-state index contributed by atoms with van der Waals surface area (Å²) in [4.78, 5) is 12.2. The highest BCUT2D eigenvalue weighted by Crippen LogP contribution is 2.25. The molecule has 0 aliphatic carbocycles. The largest absolute Gasteiger partial charge is 0.486 e. The first-order valence-electron chi connectivity index (χ1n) is 9.34. The van der Waals surface area contributed by atoms with Gasteiger partial charge in [-0.3, -0.25) is 4.79 Å². The Morgan fingerprint density at radius 1 is 1.17 bits per heavy atom. The lowest BCUT2D eigenvalue weighted by Gasteiger charge is -2.19. The molecule has 2 aromatic carbocycles. The van der Waals surface area contributed by atoms with Crippen molar-refractivity contribution in [1.82, 2.24) is 14.9 Å². The molecule has 0 unspecified atom stereocenters. The lowest BCUT2D eigenvalue weighted by atomic mass is 9.87. The summed E-state index contributed by atoms with van der Waals surface area (Å²) in [7, 11) is 0. The smallest absolute Gasteiger partial charge is 0.234 e. The van der Waals surface area contributed by atoms with Crippen LogP contribution in [0.4, 0.5) is 5.69 Å². The molecule has 30 heavy (non-hydrogen) atoms. The Labute approximate surface area is 188 Å². The highest BCUT2D eigenvalue weighted by Gasteiger charge is 2.15. The van der Waals surface area contributed by atoms with E-state index in [0.717, 1.165) is 10.2 Å². The van der Waals surface area contributed by atoms with Crippen LogP contribution in [0.2, 0.25) is 0 Å². The average molecular weight is 490 g/mol. The fourth-order valence-electron chi connectivity index (χ4n) is 2.58. The van der Waals surface area contributed by atoms with Gasteiger partial charge in [0.2, 0.25) is 11.1 Å². The first-order valence-corrected chi connectivity index (χ1v) is 11.1. The molecule has 0 bridgehead atoms. The molecule has 3 rings (SSSR count). The molecule has 3 aromatic rings. The Morgan fingerprint density at radius 2 is 1.87 bits per heavy atom. The van der Waals surface area contributed by atoms with Crippen molar-refractivity contribution in [3.8, 4) is 5.75 Å². The van der Waals surface area contributed by atoms with Crippen molar-refractivity contribution in [3.05, 3.63) is 64.4 Å². The Balaban J connectivity index is 1.53. The molecule has 0 saturated carbocycles. The third-order valence-corrected chi connectivity index (χ3v) is 5.94. The van der Waals surface area contributed by atoms with Gasteiger partial charge in [-0.15, -0.1) is 10.2 Å². The quantitative estimate of drug-likeness (QED) is 0.378. The molecule has 1 amide bonds. The Kier molecular flexibility index (Phi) is 7.04. The van der Waals surface area contributed by atoms with E-state index in [2.05, 4.69) is 52.2 Å². The Morgan fingerprint density at radius 3 is 2.53 bits per heavy atom. The minimum absolute atomic E-state index is 0.0883. The number of aromatic nitrogens is 3. The van der Waals surface area contributed by atoms with Crippen LogP contribution in [0, 0.1) is 0 Å². The molecular formula is C21H24BrN5O2S. The topological polar surface area (TPSA) is 95.1 Å². The first-order chi connectivity index (χ1) is 14.2. The number of para-hydroxylation sites is 1. The number of nitrogens with one attached hydrogen (secondary N) is 1. The molecule has 0 aliphatic heterocycles. The van der Waals surface area contributed by atoms with Crippen LogP contribution in [-0.2, 0) is 16.8 Å². The zero-order chi connectivity index (χ0) is 21.7. The lowest BCUT2D eigenvalue weighted by Crippen LogP contribution is -2.18. The van der Waals surface area contributed by atoms with Crippen molar-refractivity contribution in [3.63, 3.8) is 0 Å². The molecule has 3 N–H and O–H groups in total. The molecule has 0 saturated heterocycles. The van der Waals surface area contributed by atoms with Gasteiger partial charge >= 0.3 is 0 Å². The van der Waals surface area contributed by atoms with E-state index < -0.39 is 0 Å². The van der Waals surface area contributed by atoms with Crippen molar-refractivity contribution in [2.75, 3.05) is 16.9 Å². The molecule has 158 valence electrons. The molecule has 0 fully saturated rings. The van der Waals surface area contributed by atoms with E-state index in [1.807, 2.05) is 48.5 Å². The van der Waals surface area contributed by atoms with Crippen molar-refractivity contribution >= 4 is 39.3 Å². The second-order valence-corrected chi connectivity index (χ2v) is 9.45. The summed E-state index contributed by atoms with van der Waals surface area (Å²) in [5.41, 5.74) is 2.03.